The van der Waals surface area contributed by atoms with Gasteiger partial charge in [-0.1, -0.05) is 0 Å². The van der Waals surface area contributed by atoms with Gasteiger partial charge in [0.15, 0.2) is 0 Å². The summed E-state index contributed by atoms with van der Waals surface area (Å²) in [6.45, 7) is 5.43. The molecule has 0 unspecified atom stereocenters. The second-order valence-corrected chi connectivity index (χ2v) is 4.25. The van der Waals surface area contributed by atoms with Crippen molar-refractivity contribution in [2.24, 2.45) is 0 Å². The topological polar surface area (TPSA) is 98.1 Å². The number of anilines is 1. The zero-order chi connectivity index (χ0) is 14.2. The zero-order valence-corrected chi connectivity index (χ0v) is 11.0. The zero-order valence-electron chi connectivity index (χ0n) is 11.0. The van der Waals surface area contributed by atoms with Crippen LogP contribution >= 0.6 is 0 Å². The number of ether oxygens (including phenoxy) is 1. The third-order valence-electron chi connectivity index (χ3n) is 3.15. The minimum absolute atomic E-state index is 0.266. The number of H-pyrrole nitrogens is 1. The van der Waals surface area contributed by atoms with Gasteiger partial charge in [-0.05, 0) is 31.9 Å². The monoisotopic (exact) mass is 261 g/mol. The number of rotatable bonds is 2. The van der Waals surface area contributed by atoms with Crippen LogP contribution < -0.4 is 11.3 Å². The third-order valence-corrected chi connectivity index (χ3v) is 3.15. The first-order valence-electron chi connectivity index (χ1n) is 5.92. The Hall–Kier alpha value is -2.37. The maximum Gasteiger partial charge on any atom is 0.338 e. The summed E-state index contributed by atoms with van der Waals surface area (Å²) in [6, 6.07) is 0. The van der Waals surface area contributed by atoms with Crippen LogP contribution in [0.2, 0.25) is 0 Å². The summed E-state index contributed by atoms with van der Waals surface area (Å²) in [5.41, 5.74) is 7.52. The van der Waals surface area contributed by atoms with Crippen molar-refractivity contribution in [2.45, 2.75) is 20.8 Å². The molecule has 0 aliphatic heterocycles. The lowest BCUT2D eigenvalue weighted by Crippen LogP contribution is -2.16. The second-order valence-electron chi connectivity index (χ2n) is 4.25. The summed E-state index contributed by atoms with van der Waals surface area (Å²) >= 11 is 0. The standard InChI is InChI=1S/C13H15N3O3/c1-4-19-13(18)9-6(2)10-8(11(14)7(9)3)5-15-16-12(10)17/h5H,4,14H2,1-3H3,(H,16,17). The number of carbonyl (C=O) groups is 1. The van der Waals surface area contributed by atoms with Gasteiger partial charge in [0.25, 0.3) is 5.56 Å². The number of nitrogen functional groups attached to an aromatic ring is 1. The molecule has 6 nitrogen and oxygen atoms in total. The molecule has 6 heteroatoms. The molecule has 0 fully saturated rings. The molecule has 0 radical (unpaired) electrons. The van der Waals surface area contributed by atoms with Crippen molar-refractivity contribution in [1.29, 1.82) is 0 Å². The number of benzene rings is 1. The van der Waals surface area contributed by atoms with Gasteiger partial charge in [-0.15, -0.1) is 0 Å². The molecule has 0 aliphatic carbocycles. The van der Waals surface area contributed by atoms with E-state index < -0.39 is 5.97 Å². The Morgan fingerprint density at radius 3 is 2.74 bits per heavy atom. The largest absolute Gasteiger partial charge is 0.462 e. The highest BCUT2D eigenvalue weighted by Gasteiger charge is 2.20. The minimum atomic E-state index is -0.470. The Kier molecular flexibility index (Phi) is 3.25. The molecule has 1 aromatic carbocycles. The van der Waals surface area contributed by atoms with E-state index in [-0.39, 0.29) is 12.2 Å². The summed E-state index contributed by atoms with van der Waals surface area (Å²) in [5.74, 6) is -0.470. The Balaban J connectivity index is 2.90. The first-order chi connectivity index (χ1) is 8.99. The van der Waals surface area contributed by atoms with E-state index in [1.807, 2.05) is 0 Å². The summed E-state index contributed by atoms with van der Waals surface area (Å²) in [5, 5.41) is 7.00. The van der Waals surface area contributed by atoms with E-state index in [2.05, 4.69) is 10.2 Å². The van der Waals surface area contributed by atoms with Crippen LogP contribution in [0.3, 0.4) is 0 Å². The average molecular weight is 261 g/mol. The predicted octanol–water partition coefficient (Wildman–Crippen LogP) is 1.30. The predicted molar refractivity (Wildman–Crippen MR) is 72.2 cm³/mol. The van der Waals surface area contributed by atoms with Crippen molar-refractivity contribution < 1.29 is 9.53 Å². The van der Waals surface area contributed by atoms with Crippen LogP contribution in [0.25, 0.3) is 10.8 Å². The smallest absolute Gasteiger partial charge is 0.338 e. The molecule has 1 aromatic heterocycles. The van der Waals surface area contributed by atoms with Crippen LogP contribution in [-0.4, -0.2) is 22.8 Å². The highest BCUT2D eigenvalue weighted by atomic mass is 16.5. The molecule has 0 spiro atoms. The van der Waals surface area contributed by atoms with Crippen molar-refractivity contribution in [1.82, 2.24) is 10.2 Å². The number of esters is 1. The number of nitrogens with zero attached hydrogens (tertiary/aromatic N) is 1. The molecule has 100 valence electrons. The second kappa shape index (κ2) is 4.72. The SMILES string of the molecule is CCOC(=O)c1c(C)c(N)c2cn[nH]c(=O)c2c1C. The minimum Gasteiger partial charge on any atom is -0.462 e. The number of hydrogen-bond acceptors (Lipinski definition) is 5. The fourth-order valence-electron chi connectivity index (χ4n) is 2.23. The number of nitrogens with two attached hydrogens (primary N) is 1. The Morgan fingerprint density at radius 1 is 1.42 bits per heavy atom. The van der Waals surface area contributed by atoms with E-state index in [4.69, 9.17) is 10.5 Å². The lowest BCUT2D eigenvalue weighted by molar-refractivity contribution is 0.0525. The molecule has 0 saturated carbocycles. The summed E-state index contributed by atoms with van der Waals surface area (Å²) in [4.78, 5) is 23.9. The van der Waals surface area contributed by atoms with E-state index in [9.17, 15) is 9.59 Å². The molecule has 0 amide bonds. The van der Waals surface area contributed by atoms with Crippen molar-refractivity contribution in [3.63, 3.8) is 0 Å². The van der Waals surface area contributed by atoms with Crippen LogP contribution in [0.5, 0.6) is 0 Å². The van der Waals surface area contributed by atoms with Gasteiger partial charge in [-0.3, -0.25) is 4.79 Å². The Bertz CT molecular complexity index is 719. The van der Waals surface area contributed by atoms with Gasteiger partial charge < -0.3 is 10.5 Å². The molecule has 0 aliphatic rings. The van der Waals surface area contributed by atoms with E-state index in [0.717, 1.165) is 0 Å². The first-order valence-corrected chi connectivity index (χ1v) is 5.92. The van der Waals surface area contributed by atoms with Gasteiger partial charge in [0.2, 0.25) is 0 Å². The quantitative estimate of drug-likeness (QED) is 0.627. The number of aromatic amines is 1. The fourth-order valence-corrected chi connectivity index (χ4v) is 2.23. The number of aryl methyl sites for hydroxylation is 1. The van der Waals surface area contributed by atoms with Gasteiger partial charge in [-0.25, -0.2) is 9.89 Å². The van der Waals surface area contributed by atoms with E-state index >= 15 is 0 Å². The average Bonchev–Trinajstić information content (AvgIpc) is 2.36. The van der Waals surface area contributed by atoms with Gasteiger partial charge in [0, 0.05) is 11.1 Å². The number of hydrogen-bond donors (Lipinski definition) is 2. The summed E-state index contributed by atoms with van der Waals surface area (Å²) in [6.07, 6.45) is 1.49. The van der Waals surface area contributed by atoms with E-state index in [1.165, 1.54) is 6.20 Å². The van der Waals surface area contributed by atoms with Gasteiger partial charge in [0.1, 0.15) is 0 Å². The third kappa shape index (κ3) is 1.95. The molecule has 1 heterocycles. The Labute approximate surface area is 109 Å². The van der Waals surface area contributed by atoms with Gasteiger partial charge >= 0.3 is 5.97 Å². The van der Waals surface area contributed by atoms with Crippen LogP contribution in [0.15, 0.2) is 11.0 Å². The fraction of sp³-hybridized carbons (Fsp3) is 0.308. The molecular weight excluding hydrogens is 246 g/mol. The van der Waals surface area contributed by atoms with Crippen LogP contribution in [-0.2, 0) is 4.74 Å². The number of carbonyl (C=O) groups excluding carboxylic acids is 1. The lowest BCUT2D eigenvalue weighted by Gasteiger charge is -2.14. The molecule has 2 rings (SSSR count). The number of nitrogens with one attached hydrogen (secondary N) is 1. The first kappa shape index (κ1) is 13.1. The summed E-state index contributed by atoms with van der Waals surface area (Å²) in [7, 11) is 0. The molecule has 0 atom stereocenters. The molecule has 0 bridgehead atoms. The van der Waals surface area contributed by atoms with Crippen molar-refractivity contribution in [2.75, 3.05) is 12.3 Å². The van der Waals surface area contributed by atoms with Gasteiger partial charge in [0.05, 0.1) is 23.8 Å². The molecule has 2 aromatic rings. The van der Waals surface area contributed by atoms with E-state index in [1.54, 1.807) is 20.8 Å². The van der Waals surface area contributed by atoms with Crippen LogP contribution in [0.4, 0.5) is 5.69 Å². The number of fused-ring (bicyclic) bond motifs is 1. The number of aromatic nitrogens is 2. The van der Waals surface area contributed by atoms with Crippen molar-refractivity contribution in [3.05, 3.63) is 33.2 Å². The Morgan fingerprint density at radius 2 is 2.11 bits per heavy atom. The highest BCUT2D eigenvalue weighted by molar-refractivity contribution is 6.05. The van der Waals surface area contributed by atoms with Crippen molar-refractivity contribution >= 4 is 22.4 Å². The molecule has 19 heavy (non-hydrogen) atoms. The maximum absolute atomic E-state index is 12.0. The highest BCUT2D eigenvalue weighted by Crippen LogP contribution is 2.29. The van der Waals surface area contributed by atoms with Crippen molar-refractivity contribution in [3.8, 4) is 0 Å². The molecule has 3 N–H and O–H groups in total. The lowest BCUT2D eigenvalue weighted by atomic mass is 9.95. The summed E-state index contributed by atoms with van der Waals surface area (Å²) < 4.78 is 5.01. The van der Waals surface area contributed by atoms with Crippen LogP contribution in [0.1, 0.15) is 28.4 Å². The molecule has 0 saturated heterocycles. The maximum atomic E-state index is 12.0. The van der Waals surface area contributed by atoms with E-state index in [0.29, 0.717) is 33.2 Å². The van der Waals surface area contributed by atoms with Crippen LogP contribution in [0, 0.1) is 13.8 Å². The van der Waals surface area contributed by atoms with Gasteiger partial charge in [-0.2, -0.15) is 5.10 Å². The molecular formula is C13H15N3O3. The normalized spacial score (nSPS) is 10.7.